The smallest absolute Gasteiger partial charge is 0.319 e. The van der Waals surface area contributed by atoms with Gasteiger partial charge in [0.05, 0.1) is 17.8 Å². The summed E-state index contributed by atoms with van der Waals surface area (Å²) >= 11 is 1.57. The van der Waals surface area contributed by atoms with E-state index in [1.54, 1.807) is 17.5 Å². The van der Waals surface area contributed by atoms with Crippen molar-refractivity contribution in [1.82, 2.24) is 20.5 Å². The van der Waals surface area contributed by atoms with Crippen molar-refractivity contribution >= 4 is 34.0 Å². The molecule has 0 spiro atoms. The van der Waals surface area contributed by atoms with Crippen LogP contribution in [0.2, 0.25) is 0 Å². The highest BCUT2D eigenvalue weighted by Gasteiger charge is 2.15. The summed E-state index contributed by atoms with van der Waals surface area (Å²) in [5, 5.41) is 16.5. The van der Waals surface area contributed by atoms with Crippen LogP contribution in [0.4, 0.5) is 10.5 Å². The van der Waals surface area contributed by atoms with Crippen molar-refractivity contribution < 1.29 is 4.79 Å². The van der Waals surface area contributed by atoms with Gasteiger partial charge in [-0.3, -0.25) is 5.10 Å². The van der Waals surface area contributed by atoms with Gasteiger partial charge in [-0.05, 0) is 31.5 Å². The van der Waals surface area contributed by atoms with Crippen LogP contribution >= 0.6 is 11.3 Å². The molecule has 0 saturated carbocycles. The van der Waals surface area contributed by atoms with Gasteiger partial charge >= 0.3 is 6.03 Å². The quantitative estimate of drug-likeness (QED) is 0.688. The Morgan fingerprint density at radius 2 is 2.32 bits per heavy atom. The summed E-state index contributed by atoms with van der Waals surface area (Å²) in [6.07, 6.45) is 2.52. The van der Waals surface area contributed by atoms with Crippen LogP contribution in [0.15, 0.2) is 29.8 Å². The normalized spacial score (nSPS) is 12.3. The van der Waals surface area contributed by atoms with Gasteiger partial charge in [-0.2, -0.15) is 5.10 Å². The maximum atomic E-state index is 12.2. The van der Waals surface area contributed by atoms with Crippen molar-refractivity contribution in [2.75, 3.05) is 5.32 Å². The van der Waals surface area contributed by atoms with Crippen LogP contribution in [0.5, 0.6) is 0 Å². The van der Waals surface area contributed by atoms with Crippen molar-refractivity contribution in [3.63, 3.8) is 0 Å². The SMILES string of the molecule is CC[C@@H](NC(=O)Nc1ccc2[nH]ncc2c1)c1nc(C)cs1. The molecule has 114 valence electrons. The number of aryl methyl sites for hydroxylation is 1. The number of hydrogen-bond donors (Lipinski definition) is 3. The third kappa shape index (κ3) is 3.09. The lowest BCUT2D eigenvalue weighted by molar-refractivity contribution is 0.248. The van der Waals surface area contributed by atoms with Gasteiger partial charge in [0.25, 0.3) is 0 Å². The Hall–Kier alpha value is -2.41. The largest absolute Gasteiger partial charge is 0.329 e. The minimum absolute atomic E-state index is 0.0728. The van der Waals surface area contributed by atoms with Crippen molar-refractivity contribution in [3.8, 4) is 0 Å². The number of carbonyl (C=O) groups excluding carboxylic acids is 1. The Bertz CT molecular complexity index is 794. The third-order valence-corrected chi connectivity index (χ3v) is 4.42. The number of H-pyrrole nitrogens is 1. The zero-order valence-electron chi connectivity index (χ0n) is 12.4. The Morgan fingerprint density at radius 3 is 3.05 bits per heavy atom. The zero-order chi connectivity index (χ0) is 15.5. The summed E-state index contributed by atoms with van der Waals surface area (Å²) in [6, 6.07) is 5.31. The summed E-state index contributed by atoms with van der Waals surface area (Å²) in [7, 11) is 0. The molecule has 0 fully saturated rings. The average molecular weight is 315 g/mol. The lowest BCUT2D eigenvalue weighted by Crippen LogP contribution is -2.32. The molecule has 0 aliphatic rings. The monoisotopic (exact) mass is 315 g/mol. The number of rotatable bonds is 4. The molecule has 1 aromatic carbocycles. The van der Waals surface area contributed by atoms with E-state index in [0.29, 0.717) is 0 Å². The molecule has 0 bridgehead atoms. The number of thiazole rings is 1. The number of amides is 2. The molecule has 0 unspecified atom stereocenters. The summed E-state index contributed by atoms with van der Waals surface area (Å²) in [4.78, 5) is 16.6. The van der Waals surface area contributed by atoms with Gasteiger partial charge in [-0.15, -0.1) is 11.3 Å². The van der Waals surface area contributed by atoms with Gasteiger partial charge in [0.1, 0.15) is 5.01 Å². The molecule has 2 amide bonds. The first kappa shape index (κ1) is 14.5. The molecule has 2 aromatic heterocycles. The Morgan fingerprint density at radius 1 is 1.45 bits per heavy atom. The van der Waals surface area contributed by atoms with Crippen LogP contribution in [-0.4, -0.2) is 21.2 Å². The first-order valence-corrected chi connectivity index (χ1v) is 7.96. The van der Waals surface area contributed by atoms with E-state index in [9.17, 15) is 4.79 Å². The number of anilines is 1. The standard InChI is InChI=1S/C15H17N5OS/c1-3-12(14-17-9(2)8-22-14)19-15(21)18-11-4-5-13-10(6-11)7-16-20-13/h4-8,12H,3H2,1-2H3,(H,16,20)(H2,18,19,21)/t12-/m1/s1. The molecule has 3 N–H and O–H groups in total. The van der Waals surface area contributed by atoms with E-state index >= 15 is 0 Å². The fourth-order valence-corrected chi connectivity index (χ4v) is 3.15. The van der Waals surface area contributed by atoms with Gasteiger partial charge in [0.2, 0.25) is 0 Å². The lowest BCUT2D eigenvalue weighted by atomic mass is 10.2. The van der Waals surface area contributed by atoms with Crippen molar-refractivity contribution in [2.24, 2.45) is 0 Å². The molecular formula is C15H17N5OS. The Kier molecular flexibility index (Phi) is 4.06. The van der Waals surface area contributed by atoms with E-state index in [2.05, 4.69) is 25.8 Å². The molecule has 2 heterocycles. The van der Waals surface area contributed by atoms with E-state index in [0.717, 1.165) is 33.7 Å². The minimum Gasteiger partial charge on any atom is -0.329 e. The molecule has 0 radical (unpaired) electrons. The van der Waals surface area contributed by atoms with Gasteiger partial charge in [0, 0.05) is 22.1 Å². The van der Waals surface area contributed by atoms with Gasteiger partial charge < -0.3 is 10.6 Å². The fraction of sp³-hybridized carbons (Fsp3) is 0.267. The predicted octanol–water partition coefficient (Wildman–Crippen LogP) is 3.60. The van der Waals surface area contributed by atoms with E-state index in [4.69, 9.17) is 0 Å². The molecule has 6 nitrogen and oxygen atoms in total. The molecule has 22 heavy (non-hydrogen) atoms. The third-order valence-electron chi connectivity index (χ3n) is 3.35. The van der Waals surface area contributed by atoms with Crippen LogP contribution < -0.4 is 10.6 Å². The highest BCUT2D eigenvalue weighted by atomic mass is 32.1. The first-order valence-electron chi connectivity index (χ1n) is 7.08. The number of urea groups is 1. The number of aromatic amines is 1. The van der Waals surface area contributed by atoms with Crippen LogP contribution in [0.1, 0.15) is 30.1 Å². The lowest BCUT2D eigenvalue weighted by Gasteiger charge is -2.15. The van der Waals surface area contributed by atoms with Crippen molar-refractivity contribution in [1.29, 1.82) is 0 Å². The maximum Gasteiger partial charge on any atom is 0.319 e. The molecule has 7 heteroatoms. The van der Waals surface area contributed by atoms with Crippen LogP contribution in [-0.2, 0) is 0 Å². The zero-order valence-corrected chi connectivity index (χ0v) is 13.2. The number of nitrogens with one attached hydrogen (secondary N) is 3. The predicted molar refractivity (Wildman–Crippen MR) is 88.1 cm³/mol. The number of fused-ring (bicyclic) bond motifs is 1. The summed E-state index contributed by atoms with van der Waals surface area (Å²) in [5.74, 6) is 0. The molecule has 3 aromatic rings. The minimum atomic E-state index is -0.234. The number of hydrogen-bond acceptors (Lipinski definition) is 4. The molecule has 0 aliphatic heterocycles. The fourth-order valence-electron chi connectivity index (χ4n) is 2.22. The molecule has 3 rings (SSSR count). The summed E-state index contributed by atoms with van der Waals surface area (Å²) < 4.78 is 0. The molecule has 0 aliphatic carbocycles. The highest BCUT2D eigenvalue weighted by Crippen LogP contribution is 2.21. The second kappa shape index (κ2) is 6.15. The van der Waals surface area contributed by atoms with Crippen LogP contribution in [0, 0.1) is 6.92 Å². The average Bonchev–Trinajstić information content (AvgIpc) is 3.13. The molecular weight excluding hydrogens is 298 g/mol. The molecule has 1 atom stereocenters. The summed E-state index contributed by atoms with van der Waals surface area (Å²) in [6.45, 7) is 3.98. The number of nitrogens with zero attached hydrogens (tertiary/aromatic N) is 2. The number of carbonyl (C=O) groups is 1. The van der Waals surface area contributed by atoms with Gasteiger partial charge in [0.15, 0.2) is 0 Å². The van der Waals surface area contributed by atoms with Gasteiger partial charge in [-0.25, -0.2) is 9.78 Å². The highest BCUT2D eigenvalue weighted by molar-refractivity contribution is 7.09. The van der Waals surface area contributed by atoms with Crippen LogP contribution in [0.25, 0.3) is 10.9 Å². The van der Waals surface area contributed by atoms with E-state index < -0.39 is 0 Å². The number of aromatic nitrogens is 3. The second-order valence-electron chi connectivity index (χ2n) is 5.06. The van der Waals surface area contributed by atoms with Crippen LogP contribution in [0.3, 0.4) is 0 Å². The second-order valence-corrected chi connectivity index (χ2v) is 5.95. The van der Waals surface area contributed by atoms with Gasteiger partial charge in [-0.1, -0.05) is 6.92 Å². The first-order chi connectivity index (χ1) is 10.7. The number of benzene rings is 1. The topological polar surface area (TPSA) is 82.7 Å². The van der Waals surface area contributed by atoms with E-state index in [-0.39, 0.29) is 12.1 Å². The molecule has 0 saturated heterocycles. The van der Waals surface area contributed by atoms with Crippen molar-refractivity contribution in [3.05, 3.63) is 40.5 Å². The van der Waals surface area contributed by atoms with E-state index in [1.165, 1.54) is 0 Å². The maximum absolute atomic E-state index is 12.2. The summed E-state index contributed by atoms with van der Waals surface area (Å²) in [5.41, 5.74) is 2.65. The Labute approximate surface area is 132 Å². The van der Waals surface area contributed by atoms with E-state index in [1.807, 2.05) is 37.4 Å². The Balaban J connectivity index is 1.68. The van der Waals surface area contributed by atoms with Crippen molar-refractivity contribution in [2.45, 2.75) is 26.3 Å².